The zero-order valence-corrected chi connectivity index (χ0v) is 10.0. The van der Waals surface area contributed by atoms with E-state index >= 15 is 0 Å². The summed E-state index contributed by atoms with van der Waals surface area (Å²) in [4.78, 5) is 0. The smallest absolute Gasteiger partial charge is 0.0210 e. The summed E-state index contributed by atoms with van der Waals surface area (Å²) in [5.74, 6) is 0. The normalized spacial score (nSPS) is 12.8. The number of nitrogens with two attached hydrogens (primary N) is 1. The van der Waals surface area contributed by atoms with Crippen molar-refractivity contribution in [2.24, 2.45) is 5.73 Å². The van der Waals surface area contributed by atoms with Crippen molar-refractivity contribution in [3.8, 4) is 0 Å². The van der Waals surface area contributed by atoms with Gasteiger partial charge in [0.2, 0.25) is 0 Å². The van der Waals surface area contributed by atoms with Crippen molar-refractivity contribution in [1.29, 1.82) is 0 Å². The summed E-state index contributed by atoms with van der Waals surface area (Å²) in [6, 6.07) is 7.09. The van der Waals surface area contributed by atoms with Gasteiger partial charge in [0.15, 0.2) is 0 Å². The predicted octanol–water partition coefficient (Wildman–Crippen LogP) is 2.13. The molecule has 0 spiro atoms. The van der Waals surface area contributed by atoms with E-state index < -0.39 is 0 Å². The summed E-state index contributed by atoms with van der Waals surface area (Å²) in [5, 5.41) is 3.48. The highest BCUT2D eigenvalue weighted by Crippen LogP contribution is 2.10. The third kappa shape index (κ3) is 4.02. The molecule has 2 heteroatoms. The first-order valence-corrected chi connectivity index (χ1v) is 5.63. The van der Waals surface area contributed by atoms with Crippen LogP contribution in [0.2, 0.25) is 0 Å². The van der Waals surface area contributed by atoms with Gasteiger partial charge >= 0.3 is 0 Å². The van der Waals surface area contributed by atoms with Gasteiger partial charge in [-0.2, -0.15) is 0 Å². The largest absolute Gasteiger partial charge is 0.330 e. The number of aryl methyl sites for hydroxylation is 2. The first kappa shape index (κ1) is 12.2. The van der Waals surface area contributed by atoms with E-state index in [0.717, 1.165) is 19.5 Å². The van der Waals surface area contributed by atoms with E-state index in [1.165, 1.54) is 16.7 Å². The molecule has 1 aromatic carbocycles. The molecular weight excluding hydrogens is 184 g/mol. The molecule has 1 rings (SSSR count). The Kier molecular flexibility index (Phi) is 4.79. The van der Waals surface area contributed by atoms with Crippen molar-refractivity contribution >= 4 is 0 Å². The van der Waals surface area contributed by atoms with Gasteiger partial charge < -0.3 is 11.1 Å². The Hall–Kier alpha value is -0.860. The first-order valence-electron chi connectivity index (χ1n) is 5.63. The molecule has 1 atom stereocenters. The Bertz CT molecular complexity index is 307. The molecule has 0 aliphatic rings. The Labute approximate surface area is 92.9 Å². The molecule has 84 valence electrons. The second kappa shape index (κ2) is 5.89. The minimum Gasteiger partial charge on any atom is -0.330 e. The van der Waals surface area contributed by atoms with Crippen molar-refractivity contribution in [1.82, 2.24) is 5.32 Å². The van der Waals surface area contributed by atoms with Crippen molar-refractivity contribution in [2.75, 3.05) is 6.54 Å². The summed E-state index contributed by atoms with van der Waals surface area (Å²) in [7, 11) is 0. The lowest BCUT2D eigenvalue weighted by molar-refractivity contribution is 0.519. The molecule has 15 heavy (non-hydrogen) atoms. The molecule has 3 N–H and O–H groups in total. The summed E-state index contributed by atoms with van der Waals surface area (Å²) in [6.45, 7) is 8.16. The van der Waals surface area contributed by atoms with E-state index in [0.29, 0.717) is 6.04 Å². The molecule has 1 unspecified atom stereocenters. The predicted molar refractivity (Wildman–Crippen MR) is 65.9 cm³/mol. The quantitative estimate of drug-likeness (QED) is 0.774. The van der Waals surface area contributed by atoms with E-state index in [-0.39, 0.29) is 0 Å². The summed E-state index contributed by atoms with van der Waals surface area (Å²) >= 11 is 0. The standard InChI is InChI=1S/C13H22N2/c1-10-4-5-13(11(2)8-10)9-15-12(3)6-7-14/h4-5,8,12,15H,6-7,9,14H2,1-3H3. The molecule has 0 radical (unpaired) electrons. The molecule has 1 aromatic rings. The van der Waals surface area contributed by atoms with Gasteiger partial charge in [-0.3, -0.25) is 0 Å². The second-order valence-corrected chi connectivity index (χ2v) is 4.29. The fraction of sp³-hybridized carbons (Fsp3) is 0.538. The minimum absolute atomic E-state index is 0.496. The zero-order valence-electron chi connectivity index (χ0n) is 10.0. The number of benzene rings is 1. The van der Waals surface area contributed by atoms with Crippen LogP contribution in [-0.4, -0.2) is 12.6 Å². The topological polar surface area (TPSA) is 38.0 Å². The van der Waals surface area contributed by atoms with Crippen LogP contribution in [0.1, 0.15) is 30.0 Å². The average molecular weight is 206 g/mol. The molecule has 0 amide bonds. The molecule has 2 nitrogen and oxygen atoms in total. The van der Waals surface area contributed by atoms with Crippen LogP contribution in [0.5, 0.6) is 0 Å². The Morgan fingerprint density at radius 2 is 2.07 bits per heavy atom. The van der Waals surface area contributed by atoms with Gasteiger partial charge in [0.25, 0.3) is 0 Å². The van der Waals surface area contributed by atoms with E-state index in [2.05, 4.69) is 44.3 Å². The van der Waals surface area contributed by atoms with Gasteiger partial charge in [-0.25, -0.2) is 0 Å². The highest BCUT2D eigenvalue weighted by atomic mass is 14.9. The number of hydrogen-bond acceptors (Lipinski definition) is 2. The summed E-state index contributed by atoms with van der Waals surface area (Å²) in [5.41, 5.74) is 9.58. The van der Waals surface area contributed by atoms with Crippen LogP contribution in [-0.2, 0) is 6.54 Å². The van der Waals surface area contributed by atoms with Crippen LogP contribution in [0.3, 0.4) is 0 Å². The van der Waals surface area contributed by atoms with Crippen LogP contribution in [0, 0.1) is 13.8 Å². The molecule has 0 aliphatic carbocycles. The van der Waals surface area contributed by atoms with E-state index in [9.17, 15) is 0 Å². The highest BCUT2D eigenvalue weighted by Gasteiger charge is 2.02. The molecule has 0 aromatic heterocycles. The molecule has 0 aliphatic heterocycles. The first-order chi connectivity index (χ1) is 7.13. The monoisotopic (exact) mass is 206 g/mol. The Morgan fingerprint density at radius 1 is 1.33 bits per heavy atom. The van der Waals surface area contributed by atoms with Crippen molar-refractivity contribution < 1.29 is 0 Å². The Morgan fingerprint density at radius 3 is 2.67 bits per heavy atom. The fourth-order valence-corrected chi connectivity index (χ4v) is 1.68. The minimum atomic E-state index is 0.496. The van der Waals surface area contributed by atoms with Crippen LogP contribution in [0.25, 0.3) is 0 Å². The van der Waals surface area contributed by atoms with Crippen molar-refractivity contribution in [2.45, 2.75) is 39.8 Å². The summed E-state index contributed by atoms with van der Waals surface area (Å²) in [6.07, 6.45) is 1.03. The molecule has 0 heterocycles. The van der Waals surface area contributed by atoms with E-state index in [1.807, 2.05) is 0 Å². The number of rotatable bonds is 5. The van der Waals surface area contributed by atoms with Crippen molar-refractivity contribution in [3.05, 3.63) is 34.9 Å². The third-order valence-corrected chi connectivity index (χ3v) is 2.74. The van der Waals surface area contributed by atoms with Crippen LogP contribution >= 0.6 is 0 Å². The maximum Gasteiger partial charge on any atom is 0.0210 e. The maximum atomic E-state index is 5.51. The van der Waals surface area contributed by atoms with Gasteiger partial charge in [-0.05, 0) is 44.9 Å². The molecule has 0 saturated heterocycles. The van der Waals surface area contributed by atoms with Crippen LogP contribution < -0.4 is 11.1 Å². The maximum absolute atomic E-state index is 5.51. The van der Waals surface area contributed by atoms with Crippen molar-refractivity contribution in [3.63, 3.8) is 0 Å². The highest BCUT2D eigenvalue weighted by molar-refractivity contribution is 5.30. The van der Waals surface area contributed by atoms with Crippen LogP contribution in [0.15, 0.2) is 18.2 Å². The lowest BCUT2D eigenvalue weighted by Crippen LogP contribution is -2.28. The fourth-order valence-electron chi connectivity index (χ4n) is 1.68. The van der Waals surface area contributed by atoms with E-state index in [4.69, 9.17) is 5.73 Å². The summed E-state index contributed by atoms with van der Waals surface area (Å²) < 4.78 is 0. The molecule has 0 fully saturated rings. The lowest BCUT2D eigenvalue weighted by Gasteiger charge is -2.14. The number of hydrogen-bond donors (Lipinski definition) is 2. The van der Waals surface area contributed by atoms with Gasteiger partial charge in [-0.1, -0.05) is 23.8 Å². The van der Waals surface area contributed by atoms with Gasteiger partial charge in [0.05, 0.1) is 0 Å². The zero-order chi connectivity index (χ0) is 11.3. The second-order valence-electron chi connectivity index (χ2n) is 4.29. The van der Waals surface area contributed by atoms with Crippen LogP contribution in [0.4, 0.5) is 0 Å². The SMILES string of the molecule is Cc1ccc(CNC(C)CCN)c(C)c1. The molecular formula is C13H22N2. The Balaban J connectivity index is 2.50. The van der Waals surface area contributed by atoms with Gasteiger partial charge in [-0.15, -0.1) is 0 Å². The molecule has 0 bridgehead atoms. The van der Waals surface area contributed by atoms with Gasteiger partial charge in [0.1, 0.15) is 0 Å². The molecule has 0 saturated carbocycles. The average Bonchev–Trinajstić information content (AvgIpc) is 2.17. The third-order valence-electron chi connectivity index (χ3n) is 2.74. The van der Waals surface area contributed by atoms with Gasteiger partial charge in [0, 0.05) is 12.6 Å². The lowest BCUT2D eigenvalue weighted by atomic mass is 10.1. The van der Waals surface area contributed by atoms with E-state index in [1.54, 1.807) is 0 Å². The number of nitrogens with one attached hydrogen (secondary N) is 1.